The van der Waals surface area contributed by atoms with E-state index in [9.17, 15) is 33.0 Å². The second kappa shape index (κ2) is 11.8. The van der Waals surface area contributed by atoms with Crippen LogP contribution in [0.1, 0.15) is 37.7 Å². The zero-order chi connectivity index (χ0) is 23.7. The van der Waals surface area contributed by atoms with Crippen molar-refractivity contribution < 1.29 is 42.8 Å². The van der Waals surface area contributed by atoms with Crippen molar-refractivity contribution in [2.24, 2.45) is 11.8 Å². The van der Waals surface area contributed by atoms with Gasteiger partial charge in [-0.2, -0.15) is 13.2 Å². The highest BCUT2D eigenvalue weighted by Crippen LogP contribution is 2.34. The molecule has 1 aliphatic rings. The van der Waals surface area contributed by atoms with Gasteiger partial charge in [0.05, 0.1) is 11.7 Å². The number of unbranched alkanes of at least 4 members (excludes halogenated alkanes) is 1. The lowest BCUT2D eigenvalue weighted by Crippen LogP contribution is -2.20. The van der Waals surface area contributed by atoms with E-state index in [1.54, 1.807) is 18.2 Å². The highest BCUT2D eigenvalue weighted by Gasteiger charge is 2.39. The number of halogens is 3. The van der Waals surface area contributed by atoms with Gasteiger partial charge in [0, 0.05) is 24.7 Å². The van der Waals surface area contributed by atoms with E-state index >= 15 is 0 Å². The Morgan fingerprint density at radius 1 is 1.28 bits per heavy atom. The highest BCUT2D eigenvalue weighted by atomic mass is 19.4. The molecule has 3 N–H and O–H groups in total. The number of hydrogen-bond donors (Lipinski definition) is 3. The zero-order valence-corrected chi connectivity index (χ0v) is 17.4. The van der Waals surface area contributed by atoms with Crippen LogP contribution in [0, 0.1) is 11.8 Å². The Labute approximate surface area is 184 Å². The van der Waals surface area contributed by atoms with Crippen LogP contribution in [-0.2, 0) is 15.8 Å². The molecule has 0 heterocycles. The zero-order valence-electron chi connectivity index (χ0n) is 17.4. The number of alkyl halides is 3. The maximum atomic E-state index is 12.8. The van der Waals surface area contributed by atoms with Crippen LogP contribution in [0.15, 0.2) is 48.6 Å². The van der Waals surface area contributed by atoms with Crippen LogP contribution in [0.2, 0.25) is 0 Å². The smallest absolute Gasteiger partial charge is 0.416 e. The van der Waals surface area contributed by atoms with Crippen molar-refractivity contribution >= 4 is 11.8 Å². The quantitative estimate of drug-likeness (QED) is 0.346. The molecule has 0 saturated heterocycles. The van der Waals surface area contributed by atoms with Gasteiger partial charge in [0.15, 0.2) is 0 Å². The average Bonchev–Trinajstić information content (AvgIpc) is 2.99. The van der Waals surface area contributed by atoms with Gasteiger partial charge in [-0.05, 0) is 37.5 Å². The monoisotopic (exact) mass is 456 g/mol. The third-order valence-electron chi connectivity index (χ3n) is 5.19. The number of rotatable bonds is 11. The van der Waals surface area contributed by atoms with Crippen molar-refractivity contribution in [3.8, 4) is 5.75 Å². The molecule has 9 heteroatoms. The third-order valence-corrected chi connectivity index (χ3v) is 5.19. The molecule has 2 rings (SSSR count). The topological polar surface area (TPSA) is 104 Å². The molecule has 1 aromatic carbocycles. The van der Waals surface area contributed by atoms with E-state index in [-0.39, 0.29) is 31.0 Å². The molecule has 176 valence electrons. The number of aliphatic hydroxyl groups is 2. The SMILES string of the molecule is O=C(O)CCCC=CC[C@H]1C(=O)C[C@@H](O)[C@@H]1C=CC(O)COc1cccc(C(F)(F)F)c1. The van der Waals surface area contributed by atoms with Crippen LogP contribution < -0.4 is 4.74 Å². The van der Waals surface area contributed by atoms with Crippen LogP contribution in [0.25, 0.3) is 0 Å². The largest absolute Gasteiger partial charge is 0.491 e. The minimum Gasteiger partial charge on any atom is -0.491 e. The first kappa shape index (κ1) is 25.6. The molecule has 1 aliphatic carbocycles. The van der Waals surface area contributed by atoms with Crippen molar-refractivity contribution in [3.05, 3.63) is 54.1 Å². The molecule has 0 radical (unpaired) electrons. The van der Waals surface area contributed by atoms with Crippen LogP contribution >= 0.6 is 0 Å². The summed E-state index contributed by atoms with van der Waals surface area (Å²) in [6, 6.07) is 4.32. The number of ketones is 1. The first-order valence-corrected chi connectivity index (χ1v) is 10.3. The number of aliphatic carboxylic acids is 1. The Bertz CT molecular complexity index is 833. The van der Waals surface area contributed by atoms with Gasteiger partial charge in [-0.15, -0.1) is 0 Å². The maximum Gasteiger partial charge on any atom is 0.416 e. The van der Waals surface area contributed by atoms with Crippen molar-refractivity contribution in [1.29, 1.82) is 0 Å². The second-order valence-corrected chi connectivity index (χ2v) is 7.70. The summed E-state index contributed by atoms with van der Waals surface area (Å²) in [5.41, 5.74) is -0.855. The van der Waals surface area contributed by atoms with Gasteiger partial charge in [-0.3, -0.25) is 9.59 Å². The van der Waals surface area contributed by atoms with E-state index in [2.05, 4.69) is 0 Å². The minimum absolute atomic E-state index is 0.00333. The van der Waals surface area contributed by atoms with Crippen molar-refractivity contribution in [2.75, 3.05) is 6.61 Å². The fraction of sp³-hybridized carbons (Fsp3) is 0.478. The van der Waals surface area contributed by atoms with Gasteiger partial charge < -0.3 is 20.1 Å². The van der Waals surface area contributed by atoms with Gasteiger partial charge in [0.2, 0.25) is 0 Å². The predicted molar refractivity (Wildman–Crippen MR) is 110 cm³/mol. The van der Waals surface area contributed by atoms with Crippen molar-refractivity contribution in [3.63, 3.8) is 0 Å². The van der Waals surface area contributed by atoms with Crippen LogP contribution in [0.3, 0.4) is 0 Å². The van der Waals surface area contributed by atoms with E-state index in [4.69, 9.17) is 9.84 Å². The normalized spacial score (nSPS) is 22.7. The third kappa shape index (κ3) is 8.12. The minimum atomic E-state index is -4.50. The fourth-order valence-electron chi connectivity index (χ4n) is 3.52. The summed E-state index contributed by atoms with van der Waals surface area (Å²) in [4.78, 5) is 22.7. The molecule has 6 nitrogen and oxygen atoms in total. The molecule has 0 aliphatic heterocycles. The molecular formula is C23H27F3O6. The van der Waals surface area contributed by atoms with Gasteiger partial charge in [0.1, 0.15) is 24.2 Å². The Hall–Kier alpha value is -2.65. The molecule has 0 bridgehead atoms. The van der Waals surface area contributed by atoms with Crippen LogP contribution in [0.5, 0.6) is 5.75 Å². The molecule has 1 saturated carbocycles. The van der Waals surface area contributed by atoms with E-state index in [1.807, 2.05) is 0 Å². The highest BCUT2D eigenvalue weighted by molar-refractivity contribution is 5.84. The fourth-order valence-corrected chi connectivity index (χ4v) is 3.52. The van der Waals surface area contributed by atoms with Gasteiger partial charge in [0.25, 0.3) is 0 Å². The van der Waals surface area contributed by atoms with Gasteiger partial charge >= 0.3 is 12.1 Å². The number of carboxylic acids is 1. The lowest BCUT2D eigenvalue weighted by atomic mass is 9.90. The van der Waals surface area contributed by atoms with Crippen molar-refractivity contribution in [2.45, 2.75) is 50.5 Å². The molecular weight excluding hydrogens is 429 g/mol. The Morgan fingerprint density at radius 2 is 2.03 bits per heavy atom. The van der Waals surface area contributed by atoms with Gasteiger partial charge in [-0.1, -0.05) is 30.4 Å². The first-order valence-electron chi connectivity index (χ1n) is 10.3. The average molecular weight is 456 g/mol. The lowest BCUT2D eigenvalue weighted by Gasteiger charge is -2.17. The van der Waals surface area contributed by atoms with Crippen molar-refractivity contribution in [1.82, 2.24) is 0 Å². The summed E-state index contributed by atoms with van der Waals surface area (Å²) in [5, 5.41) is 28.9. The molecule has 0 amide bonds. The number of carbonyl (C=O) groups excluding carboxylic acids is 1. The molecule has 32 heavy (non-hydrogen) atoms. The van der Waals surface area contributed by atoms with E-state index in [1.165, 1.54) is 18.2 Å². The Morgan fingerprint density at radius 3 is 2.72 bits per heavy atom. The second-order valence-electron chi connectivity index (χ2n) is 7.70. The van der Waals surface area contributed by atoms with E-state index in [0.717, 1.165) is 12.1 Å². The summed E-state index contributed by atoms with van der Waals surface area (Å²) in [7, 11) is 0. The summed E-state index contributed by atoms with van der Waals surface area (Å²) >= 11 is 0. The standard InChI is InChI=1S/C23H27F3O6/c24-23(25,26)15-6-5-7-17(12-15)32-14-16(27)10-11-19-18(20(28)13-21(19)29)8-3-1-2-4-9-22(30)31/h1,3,5-7,10-12,16,18-19,21,27,29H,2,4,8-9,13-14H2,(H,30,31)/t16?,18-,19-,21-/m1/s1. The number of carboxylic acid groups (broad SMARTS) is 1. The number of allylic oxidation sites excluding steroid dienone is 2. The number of aliphatic hydroxyl groups excluding tert-OH is 2. The van der Waals surface area contributed by atoms with Crippen LogP contribution in [0.4, 0.5) is 13.2 Å². The van der Waals surface area contributed by atoms with Gasteiger partial charge in [-0.25, -0.2) is 0 Å². The lowest BCUT2D eigenvalue weighted by molar-refractivity contribution is -0.138. The number of hydrogen-bond acceptors (Lipinski definition) is 5. The summed E-state index contributed by atoms with van der Waals surface area (Å²) in [6.07, 6.45) is 1.49. The maximum absolute atomic E-state index is 12.8. The summed E-state index contributed by atoms with van der Waals surface area (Å²) in [6.45, 7) is -0.289. The number of benzene rings is 1. The molecule has 4 atom stereocenters. The van der Waals surface area contributed by atoms with E-state index in [0.29, 0.717) is 19.3 Å². The molecule has 0 spiro atoms. The molecule has 0 aromatic heterocycles. The van der Waals surface area contributed by atoms with E-state index < -0.39 is 41.8 Å². The molecule has 1 aromatic rings. The molecule has 1 fully saturated rings. The Balaban J connectivity index is 1.88. The first-order chi connectivity index (χ1) is 15.1. The number of ether oxygens (including phenoxy) is 1. The van der Waals surface area contributed by atoms with Crippen LogP contribution in [-0.4, -0.2) is 45.9 Å². The number of carbonyl (C=O) groups is 2. The summed E-state index contributed by atoms with van der Waals surface area (Å²) < 4.78 is 43.5. The summed E-state index contributed by atoms with van der Waals surface area (Å²) in [5.74, 6) is -1.97. The Kier molecular flexibility index (Phi) is 9.46. The predicted octanol–water partition coefficient (Wildman–Crippen LogP) is 3.77. The molecule has 1 unspecified atom stereocenters. The number of Topliss-reactive ketones (excluding diaryl/α,β-unsaturated/α-hetero) is 1.